The van der Waals surface area contributed by atoms with E-state index in [-0.39, 0.29) is 23.4 Å². The van der Waals surface area contributed by atoms with Crippen molar-refractivity contribution in [3.8, 4) is 0 Å². The molecular weight excluding hydrogens is 376 g/mol. The summed E-state index contributed by atoms with van der Waals surface area (Å²) >= 11 is 0. The van der Waals surface area contributed by atoms with Crippen molar-refractivity contribution in [2.75, 3.05) is 13.2 Å². The van der Waals surface area contributed by atoms with Gasteiger partial charge in [-0.2, -0.15) is 0 Å². The minimum absolute atomic E-state index is 0.0457. The Kier molecular flexibility index (Phi) is 4.87. The van der Waals surface area contributed by atoms with Gasteiger partial charge in [-0.05, 0) is 30.7 Å². The molecule has 1 saturated heterocycles. The molecule has 0 N–H and O–H groups in total. The van der Waals surface area contributed by atoms with E-state index in [2.05, 4.69) is 19.1 Å². The fraction of sp³-hybridized carbons (Fsp3) is 0.462. The lowest BCUT2D eigenvalue weighted by Crippen LogP contribution is -2.61. The minimum atomic E-state index is -0.658. The molecule has 2 aromatic rings. The Morgan fingerprint density at radius 1 is 0.900 bits per heavy atom. The Morgan fingerprint density at radius 2 is 1.53 bits per heavy atom. The maximum Gasteiger partial charge on any atom is 0.173 e. The van der Waals surface area contributed by atoms with Gasteiger partial charge in [0, 0.05) is 17.9 Å². The number of benzene rings is 2. The molecule has 3 fully saturated rings. The lowest BCUT2D eigenvalue weighted by Gasteiger charge is -2.56. The number of ether oxygens (including phenoxy) is 2. The molecular formula is C26H28O4. The summed E-state index contributed by atoms with van der Waals surface area (Å²) in [6.07, 6.45) is 2.74. The van der Waals surface area contributed by atoms with E-state index in [1.165, 1.54) is 0 Å². The van der Waals surface area contributed by atoms with Gasteiger partial charge in [-0.3, -0.25) is 9.59 Å². The van der Waals surface area contributed by atoms with Gasteiger partial charge in [-0.15, -0.1) is 0 Å². The van der Waals surface area contributed by atoms with Gasteiger partial charge in [0.1, 0.15) is 0 Å². The summed E-state index contributed by atoms with van der Waals surface area (Å²) in [5.74, 6) is -0.950. The molecule has 4 atom stereocenters. The molecule has 0 aromatic heterocycles. The van der Waals surface area contributed by atoms with Crippen LogP contribution in [0.4, 0.5) is 0 Å². The number of Topliss-reactive ketones (excluding diaryl/α,β-unsaturated/α-hetero) is 2. The van der Waals surface area contributed by atoms with E-state index in [1.54, 1.807) is 0 Å². The van der Waals surface area contributed by atoms with Crippen LogP contribution >= 0.6 is 0 Å². The molecule has 2 aliphatic carbocycles. The largest absolute Gasteiger partial charge is 0.347 e. The van der Waals surface area contributed by atoms with Crippen LogP contribution in [0.1, 0.15) is 48.5 Å². The van der Waals surface area contributed by atoms with Gasteiger partial charge < -0.3 is 9.47 Å². The molecule has 30 heavy (non-hydrogen) atoms. The number of carbonyl (C=O) groups is 2. The SMILES string of the molecule is C[C@H]1[C@@H]2CCC(C(=O)c3ccccc3)C(=O)[C@@]2(c2ccccc2)CCC12OCCO2. The molecule has 5 rings (SSSR count). The summed E-state index contributed by atoms with van der Waals surface area (Å²) in [5, 5.41) is 0. The first-order valence-electron chi connectivity index (χ1n) is 11.1. The summed E-state index contributed by atoms with van der Waals surface area (Å²) < 4.78 is 12.2. The van der Waals surface area contributed by atoms with Crippen LogP contribution in [0.5, 0.6) is 0 Å². The van der Waals surface area contributed by atoms with Crippen LogP contribution in [0.15, 0.2) is 60.7 Å². The highest BCUT2D eigenvalue weighted by molar-refractivity contribution is 6.14. The van der Waals surface area contributed by atoms with E-state index >= 15 is 0 Å². The molecule has 1 spiro atoms. The predicted octanol–water partition coefficient (Wildman–Crippen LogP) is 4.58. The van der Waals surface area contributed by atoms with E-state index in [1.807, 2.05) is 48.5 Å². The van der Waals surface area contributed by atoms with Crippen LogP contribution in [0.3, 0.4) is 0 Å². The zero-order chi connectivity index (χ0) is 20.8. The van der Waals surface area contributed by atoms with E-state index in [4.69, 9.17) is 9.47 Å². The molecule has 0 amide bonds. The smallest absolute Gasteiger partial charge is 0.173 e. The van der Waals surface area contributed by atoms with Gasteiger partial charge in [0.05, 0.1) is 24.5 Å². The number of rotatable bonds is 3. The zero-order valence-corrected chi connectivity index (χ0v) is 17.4. The fourth-order valence-corrected chi connectivity index (χ4v) is 6.28. The van der Waals surface area contributed by atoms with Gasteiger partial charge in [-0.1, -0.05) is 67.6 Å². The predicted molar refractivity (Wildman–Crippen MR) is 113 cm³/mol. The highest BCUT2D eigenvalue weighted by Crippen LogP contribution is 2.58. The third kappa shape index (κ3) is 2.81. The van der Waals surface area contributed by atoms with Gasteiger partial charge in [-0.25, -0.2) is 0 Å². The van der Waals surface area contributed by atoms with Crippen molar-refractivity contribution >= 4 is 11.6 Å². The number of fused-ring (bicyclic) bond motifs is 1. The first-order chi connectivity index (χ1) is 14.6. The second-order valence-electron chi connectivity index (χ2n) is 8.97. The highest BCUT2D eigenvalue weighted by Gasteiger charge is 2.63. The topological polar surface area (TPSA) is 52.6 Å². The van der Waals surface area contributed by atoms with Crippen LogP contribution < -0.4 is 0 Å². The van der Waals surface area contributed by atoms with Gasteiger partial charge >= 0.3 is 0 Å². The maximum absolute atomic E-state index is 14.1. The molecule has 1 aliphatic heterocycles. The first-order valence-corrected chi connectivity index (χ1v) is 11.1. The van der Waals surface area contributed by atoms with Crippen molar-refractivity contribution in [2.45, 2.75) is 43.8 Å². The Hall–Kier alpha value is -2.30. The van der Waals surface area contributed by atoms with Crippen LogP contribution in [0.2, 0.25) is 0 Å². The Bertz CT molecular complexity index is 932. The quantitative estimate of drug-likeness (QED) is 0.555. The molecule has 4 heteroatoms. The van der Waals surface area contributed by atoms with Crippen LogP contribution in [-0.2, 0) is 19.7 Å². The van der Waals surface area contributed by atoms with E-state index in [0.717, 1.165) is 12.0 Å². The van der Waals surface area contributed by atoms with Crippen molar-refractivity contribution in [2.24, 2.45) is 17.8 Å². The lowest BCUT2D eigenvalue weighted by atomic mass is 9.49. The summed E-state index contributed by atoms with van der Waals surface area (Å²) in [7, 11) is 0. The third-order valence-corrected chi connectivity index (χ3v) is 7.76. The summed E-state index contributed by atoms with van der Waals surface area (Å²) in [4.78, 5) is 27.5. The van der Waals surface area contributed by atoms with E-state index in [9.17, 15) is 9.59 Å². The Balaban J connectivity index is 1.57. The average Bonchev–Trinajstić information content (AvgIpc) is 3.27. The number of carbonyl (C=O) groups excluding carboxylic acids is 2. The molecule has 0 radical (unpaired) electrons. The first kappa shape index (κ1) is 19.7. The van der Waals surface area contributed by atoms with Crippen molar-refractivity contribution in [3.63, 3.8) is 0 Å². The fourth-order valence-electron chi connectivity index (χ4n) is 6.28. The Labute approximate surface area is 177 Å². The molecule has 0 bridgehead atoms. The monoisotopic (exact) mass is 404 g/mol. The molecule has 1 heterocycles. The Morgan fingerprint density at radius 3 is 2.20 bits per heavy atom. The molecule has 2 aromatic carbocycles. The second kappa shape index (κ2) is 7.44. The third-order valence-electron chi connectivity index (χ3n) is 7.76. The molecule has 2 saturated carbocycles. The van der Waals surface area contributed by atoms with Crippen molar-refractivity contribution < 1.29 is 19.1 Å². The maximum atomic E-state index is 14.1. The molecule has 3 aliphatic rings. The number of hydrogen-bond donors (Lipinski definition) is 0. The molecule has 4 nitrogen and oxygen atoms in total. The van der Waals surface area contributed by atoms with Crippen LogP contribution in [0, 0.1) is 17.8 Å². The van der Waals surface area contributed by atoms with Crippen LogP contribution in [0.25, 0.3) is 0 Å². The lowest BCUT2D eigenvalue weighted by molar-refractivity contribution is -0.236. The van der Waals surface area contributed by atoms with Crippen molar-refractivity contribution in [1.82, 2.24) is 0 Å². The number of hydrogen-bond acceptors (Lipinski definition) is 4. The van der Waals surface area contributed by atoms with E-state index in [0.29, 0.717) is 38.0 Å². The van der Waals surface area contributed by atoms with Gasteiger partial charge in [0.25, 0.3) is 0 Å². The van der Waals surface area contributed by atoms with Crippen molar-refractivity contribution in [1.29, 1.82) is 0 Å². The highest BCUT2D eigenvalue weighted by atomic mass is 16.7. The van der Waals surface area contributed by atoms with Gasteiger partial charge in [0.15, 0.2) is 17.4 Å². The standard InChI is InChI=1S/C26H28O4/c1-18-22-13-12-21(23(27)19-8-4-2-5-9-19)24(28)25(22,20-10-6-3-7-11-20)14-15-26(18)29-16-17-30-26/h2-11,18,21-22H,12-17H2,1H3/t18-,21?,22-,25+/m0/s1. The van der Waals surface area contributed by atoms with Gasteiger partial charge in [0.2, 0.25) is 0 Å². The average molecular weight is 405 g/mol. The normalized spacial score (nSPS) is 32.7. The molecule has 1 unspecified atom stereocenters. The minimum Gasteiger partial charge on any atom is -0.347 e. The summed E-state index contributed by atoms with van der Waals surface area (Å²) in [6.45, 7) is 3.39. The van der Waals surface area contributed by atoms with Crippen molar-refractivity contribution in [3.05, 3.63) is 71.8 Å². The summed E-state index contributed by atoms with van der Waals surface area (Å²) in [6, 6.07) is 19.3. The number of ketones is 2. The molecule has 156 valence electrons. The summed E-state index contributed by atoms with van der Waals surface area (Å²) in [5.41, 5.74) is 1.000. The van der Waals surface area contributed by atoms with E-state index < -0.39 is 17.1 Å². The zero-order valence-electron chi connectivity index (χ0n) is 17.4. The van der Waals surface area contributed by atoms with Crippen LogP contribution in [-0.4, -0.2) is 30.6 Å². The second-order valence-corrected chi connectivity index (χ2v) is 8.97.